The zero-order chi connectivity index (χ0) is 18.0. The van der Waals surface area contributed by atoms with E-state index >= 15 is 0 Å². The van der Waals surface area contributed by atoms with Crippen LogP contribution in [0.5, 0.6) is 0 Å². The van der Waals surface area contributed by atoms with Crippen molar-refractivity contribution in [2.75, 3.05) is 0 Å². The maximum atomic E-state index is 13.4. The van der Waals surface area contributed by atoms with Crippen LogP contribution in [0.2, 0.25) is 0 Å². The molecule has 128 valence electrons. The number of benzene rings is 2. The Morgan fingerprint density at radius 2 is 1.54 bits per heavy atom. The van der Waals surface area contributed by atoms with Crippen molar-refractivity contribution in [1.82, 2.24) is 0 Å². The Morgan fingerprint density at radius 3 is 1.96 bits per heavy atom. The van der Waals surface area contributed by atoms with Gasteiger partial charge in [0.2, 0.25) is 0 Å². The SMILES string of the molecule is CCc1c(C(C)C)cc(C(C)C)c(C(C)=O)c1-c1ccc(F)cc1. The van der Waals surface area contributed by atoms with E-state index in [-0.39, 0.29) is 17.5 Å². The van der Waals surface area contributed by atoms with Gasteiger partial charge in [-0.1, -0.05) is 52.8 Å². The van der Waals surface area contributed by atoms with Crippen molar-refractivity contribution in [3.8, 4) is 11.1 Å². The van der Waals surface area contributed by atoms with Crippen LogP contribution in [-0.2, 0) is 6.42 Å². The van der Waals surface area contributed by atoms with Gasteiger partial charge in [-0.05, 0) is 65.1 Å². The molecule has 2 aromatic carbocycles. The molecule has 0 fully saturated rings. The summed E-state index contributed by atoms with van der Waals surface area (Å²) in [5.41, 5.74) is 6.26. The van der Waals surface area contributed by atoms with Crippen LogP contribution in [0, 0.1) is 5.82 Å². The molecule has 0 bridgehead atoms. The lowest BCUT2D eigenvalue weighted by Crippen LogP contribution is -2.11. The van der Waals surface area contributed by atoms with Crippen molar-refractivity contribution in [2.45, 2.75) is 59.8 Å². The molecule has 0 amide bonds. The highest BCUT2D eigenvalue weighted by Gasteiger charge is 2.23. The molecule has 0 radical (unpaired) electrons. The molecule has 0 aromatic heterocycles. The monoisotopic (exact) mass is 326 g/mol. The highest BCUT2D eigenvalue weighted by Crippen LogP contribution is 2.39. The van der Waals surface area contributed by atoms with Crippen LogP contribution in [0.1, 0.15) is 80.4 Å². The van der Waals surface area contributed by atoms with Crippen LogP contribution in [-0.4, -0.2) is 5.78 Å². The van der Waals surface area contributed by atoms with Crippen LogP contribution in [0.25, 0.3) is 11.1 Å². The third-order valence-electron chi connectivity index (χ3n) is 4.58. The van der Waals surface area contributed by atoms with Crippen molar-refractivity contribution in [1.29, 1.82) is 0 Å². The quantitative estimate of drug-likeness (QED) is 0.573. The lowest BCUT2D eigenvalue weighted by Gasteiger charge is -2.24. The molecule has 1 nitrogen and oxygen atoms in total. The van der Waals surface area contributed by atoms with E-state index in [2.05, 4.69) is 40.7 Å². The lowest BCUT2D eigenvalue weighted by molar-refractivity contribution is 0.101. The summed E-state index contributed by atoms with van der Waals surface area (Å²) in [6.45, 7) is 12.3. The van der Waals surface area contributed by atoms with Gasteiger partial charge in [0, 0.05) is 5.56 Å². The number of hydrogen-bond donors (Lipinski definition) is 0. The Balaban J connectivity index is 2.95. The van der Waals surface area contributed by atoms with E-state index in [1.165, 1.54) is 23.3 Å². The van der Waals surface area contributed by atoms with Gasteiger partial charge < -0.3 is 0 Å². The van der Waals surface area contributed by atoms with Gasteiger partial charge in [-0.15, -0.1) is 0 Å². The molecule has 0 heterocycles. The molecule has 24 heavy (non-hydrogen) atoms. The predicted molar refractivity (Wildman–Crippen MR) is 99.4 cm³/mol. The fraction of sp³-hybridized carbons (Fsp3) is 0.409. The van der Waals surface area contributed by atoms with Crippen LogP contribution >= 0.6 is 0 Å². The van der Waals surface area contributed by atoms with E-state index < -0.39 is 0 Å². The van der Waals surface area contributed by atoms with Gasteiger partial charge in [0.1, 0.15) is 5.82 Å². The number of carbonyl (C=O) groups is 1. The molecule has 2 rings (SSSR count). The second-order valence-corrected chi connectivity index (χ2v) is 7.01. The van der Waals surface area contributed by atoms with Crippen molar-refractivity contribution >= 4 is 5.78 Å². The van der Waals surface area contributed by atoms with E-state index in [1.54, 1.807) is 19.1 Å². The number of hydrogen-bond acceptors (Lipinski definition) is 1. The van der Waals surface area contributed by atoms with Crippen molar-refractivity contribution < 1.29 is 9.18 Å². The van der Waals surface area contributed by atoms with E-state index in [0.29, 0.717) is 5.92 Å². The molecular formula is C22H27FO. The average molecular weight is 326 g/mol. The second-order valence-electron chi connectivity index (χ2n) is 7.01. The third kappa shape index (κ3) is 3.43. The Morgan fingerprint density at radius 1 is 1.00 bits per heavy atom. The van der Waals surface area contributed by atoms with Gasteiger partial charge in [0.25, 0.3) is 0 Å². The standard InChI is InChI=1S/C22H27FO/c1-7-18-19(13(2)3)12-20(14(4)5)21(15(6)24)22(18)16-8-10-17(23)11-9-16/h8-14H,7H2,1-6H3. The predicted octanol–water partition coefficient (Wildman–Crippen LogP) is 6.50. The molecule has 2 heteroatoms. The van der Waals surface area contributed by atoms with Crippen LogP contribution in [0.3, 0.4) is 0 Å². The van der Waals surface area contributed by atoms with Crippen molar-refractivity contribution in [3.63, 3.8) is 0 Å². The van der Waals surface area contributed by atoms with Crippen LogP contribution < -0.4 is 0 Å². The summed E-state index contributed by atoms with van der Waals surface area (Å²) in [5, 5.41) is 0. The van der Waals surface area contributed by atoms with Gasteiger partial charge in [0.15, 0.2) is 5.78 Å². The normalized spacial score (nSPS) is 11.4. The Hall–Kier alpha value is -1.96. The molecule has 0 aliphatic carbocycles. The molecule has 0 aliphatic rings. The first-order valence-corrected chi connectivity index (χ1v) is 8.74. The Bertz CT molecular complexity index is 740. The summed E-state index contributed by atoms with van der Waals surface area (Å²) in [4.78, 5) is 12.5. The fourth-order valence-corrected chi connectivity index (χ4v) is 3.43. The molecule has 0 N–H and O–H groups in total. The summed E-state index contributed by atoms with van der Waals surface area (Å²) < 4.78 is 13.4. The summed E-state index contributed by atoms with van der Waals surface area (Å²) in [7, 11) is 0. The number of halogens is 1. The van der Waals surface area contributed by atoms with E-state index in [4.69, 9.17) is 0 Å². The number of rotatable bonds is 5. The number of Topliss-reactive ketones (excluding diaryl/α,β-unsaturated/α-hetero) is 1. The number of ketones is 1. The first-order chi connectivity index (χ1) is 11.3. The topological polar surface area (TPSA) is 17.1 Å². The largest absolute Gasteiger partial charge is 0.294 e. The van der Waals surface area contributed by atoms with E-state index in [9.17, 15) is 9.18 Å². The zero-order valence-electron chi connectivity index (χ0n) is 15.5. The van der Waals surface area contributed by atoms with Gasteiger partial charge in [-0.25, -0.2) is 4.39 Å². The molecule has 0 saturated heterocycles. The van der Waals surface area contributed by atoms with E-state index in [1.807, 2.05) is 0 Å². The minimum Gasteiger partial charge on any atom is -0.294 e. The van der Waals surface area contributed by atoms with Crippen LogP contribution in [0.4, 0.5) is 4.39 Å². The first-order valence-electron chi connectivity index (χ1n) is 8.74. The van der Waals surface area contributed by atoms with Crippen molar-refractivity contribution in [2.24, 2.45) is 0 Å². The third-order valence-corrected chi connectivity index (χ3v) is 4.58. The van der Waals surface area contributed by atoms with Gasteiger partial charge in [-0.2, -0.15) is 0 Å². The Labute approximate surface area is 144 Å². The summed E-state index contributed by atoms with van der Waals surface area (Å²) in [6.07, 6.45) is 0.846. The smallest absolute Gasteiger partial charge is 0.160 e. The fourth-order valence-electron chi connectivity index (χ4n) is 3.43. The molecule has 0 spiro atoms. The lowest BCUT2D eigenvalue weighted by atomic mass is 9.79. The van der Waals surface area contributed by atoms with Gasteiger partial charge in [-0.3, -0.25) is 4.79 Å². The second kappa shape index (κ2) is 7.29. The minimum atomic E-state index is -0.259. The molecule has 0 aliphatic heterocycles. The Kier molecular flexibility index (Phi) is 5.58. The van der Waals surface area contributed by atoms with Gasteiger partial charge >= 0.3 is 0 Å². The highest BCUT2D eigenvalue weighted by molar-refractivity contribution is 6.03. The molecular weight excluding hydrogens is 299 g/mol. The minimum absolute atomic E-state index is 0.0723. The van der Waals surface area contributed by atoms with Gasteiger partial charge in [0.05, 0.1) is 0 Å². The van der Waals surface area contributed by atoms with Crippen LogP contribution in [0.15, 0.2) is 30.3 Å². The maximum absolute atomic E-state index is 13.4. The van der Waals surface area contributed by atoms with Crippen molar-refractivity contribution in [3.05, 3.63) is 58.4 Å². The van der Waals surface area contributed by atoms with E-state index in [0.717, 1.165) is 28.7 Å². The molecule has 0 atom stereocenters. The first kappa shape index (κ1) is 18.4. The average Bonchev–Trinajstić information content (AvgIpc) is 2.53. The summed E-state index contributed by atoms with van der Waals surface area (Å²) in [5.74, 6) is 0.442. The highest BCUT2D eigenvalue weighted by atomic mass is 19.1. The molecule has 0 saturated carbocycles. The number of carbonyl (C=O) groups excluding carboxylic acids is 1. The zero-order valence-corrected chi connectivity index (χ0v) is 15.5. The summed E-state index contributed by atoms with van der Waals surface area (Å²) >= 11 is 0. The summed E-state index contributed by atoms with van der Waals surface area (Å²) in [6, 6.07) is 8.71. The molecule has 0 unspecified atom stereocenters. The maximum Gasteiger partial charge on any atom is 0.160 e. The molecule has 2 aromatic rings.